The molecule has 2 saturated carbocycles. The van der Waals surface area contributed by atoms with Crippen LogP contribution in [0, 0.1) is 11.2 Å². The average molecular weight is 524 g/mol. The van der Waals surface area contributed by atoms with Gasteiger partial charge in [-0.3, -0.25) is 14.7 Å². The zero-order chi connectivity index (χ0) is 25.4. The first kappa shape index (κ1) is 24.2. The lowest BCUT2D eigenvalue weighted by molar-refractivity contribution is 0.0917. The second-order valence-electron chi connectivity index (χ2n) is 10.4. The van der Waals surface area contributed by atoms with E-state index in [4.69, 9.17) is 4.74 Å². The number of pyridine rings is 1. The number of para-hydroxylation sites is 1. The summed E-state index contributed by atoms with van der Waals surface area (Å²) >= 11 is 1.89. The highest BCUT2D eigenvalue weighted by atomic mass is 32.2. The van der Waals surface area contributed by atoms with Crippen LogP contribution in [0.1, 0.15) is 65.7 Å². The highest BCUT2D eigenvalue weighted by molar-refractivity contribution is 7.99. The van der Waals surface area contributed by atoms with Gasteiger partial charge in [0.15, 0.2) is 0 Å². The van der Waals surface area contributed by atoms with Crippen molar-refractivity contribution in [1.29, 1.82) is 0 Å². The molecule has 10 heteroatoms. The highest BCUT2D eigenvalue weighted by Crippen LogP contribution is 2.56. The number of aromatic nitrogens is 3. The number of carbonyl (C=O) groups excluding carboxylic acids is 2. The van der Waals surface area contributed by atoms with E-state index in [1.807, 2.05) is 23.9 Å². The van der Waals surface area contributed by atoms with Gasteiger partial charge in [-0.1, -0.05) is 12.1 Å². The Morgan fingerprint density at radius 1 is 1.05 bits per heavy atom. The molecule has 3 heterocycles. The Balaban J connectivity index is 1.04. The topological polar surface area (TPSA) is 109 Å². The Labute approximate surface area is 218 Å². The second-order valence-corrected chi connectivity index (χ2v) is 11.6. The first-order valence-corrected chi connectivity index (χ1v) is 14.1. The first-order chi connectivity index (χ1) is 18.0. The summed E-state index contributed by atoms with van der Waals surface area (Å²) in [7, 11) is 0. The molecule has 1 spiro atoms. The van der Waals surface area contributed by atoms with Crippen molar-refractivity contribution >= 4 is 34.5 Å². The molecule has 2 aliphatic carbocycles. The number of carbonyl (C=O) groups is 2. The molecule has 8 nitrogen and oxygen atoms in total. The van der Waals surface area contributed by atoms with Gasteiger partial charge in [0.1, 0.15) is 17.5 Å². The van der Waals surface area contributed by atoms with Gasteiger partial charge >= 0.3 is 0 Å². The fourth-order valence-electron chi connectivity index (χ4n) is 5.73. The third-order valence-electron chi connectivity index (χ3n) is 8.04. The van der Waals surface area contributed by atoms with Gasteiger partial charge in [-0.15, -0.1) is 0 Å². The molecule has 3 N–H and O–H groups in total. The molecular formula is C27H30FN5O3S. The zero-order valence-corrected chi connectivity index (χ0v) is 21.3. The summed E-state index contributed by atoms with van der Waals surface area (Å²) in [6, 6.07) is 6.94. The number of ether oxygens (including phenoxy) is 1. The smallest absolute Gasteiger partial charge is 0.257 e. The van der Waals surface area contributed by atoms with Crippen LogP contribution in [0.25, 0.3) is 10.9 Å². The molecule has 2 aromatic heterocycles. The maximum absolute atomic E-state index is 14.0. The standard InChI is InChI=1S/C27H30FN5O3S/c28-17-12-21(26(29-15-17)36-19-6-10-37-11-7-19)25(35)32-22-13-27(22)8-4-18(5-9-27)31-24(34)20-3-1-2-16-14-30-33-23(16)20/h1-3,12,14-15,18-19,22H,4-11,13H2,(H,30,33)(H,31,34)(H,32,35). The van der Waals surface area contributed by atoms with E-state index < -0.39 is 5.82 Å². The number of H-pyrrole nitrogens is 1. The minimum absolute atomic E-state index is 0.00349. The van der Waals surface area contributed by atoms with E-state index in [9.17, 15) is 14.0 Å². The molecule has 0 radical (unpaired) electrons. The third kappa shape index (κ3) is 5.03. The van der Waals surface area contributed by atoms with E-state index >= 15 is 0 Å². The molecule has 194 valence electrons. The lowest BCUT2D eigenvalue weighted by Gasteiger charge is -2.30. The van der Waals surface area contributed by atoms with Crippen molar-refractivity contribution in [3.63, 3.8) is 0 Å². The van der Waals surface area contributed by atoms with Crippen molar-refractivity contribution in [2.24, 2.45) is 5.41 Å². The van der Waals surface area contributed by atoms with Crippen LogP contribution in [-0.2, 0) is 0 Å². The van der Waals surface area contributed by atoms with Gasteiger partial charge < -0.3 is 15.4 Å². The van der Waals surface area contributed by atoms with Crippen molar-refractivity contribution in [1.82, 2.24) is 25.8 Å². The van der Waals surface area contributed by atoms with E-state index in [2.05, 4.69) is 25.8 Å². The minimum Gasteiger partial charge on any atom is -0.474 e. The van der Waals surface area contributed by atoms with Crippen LogP contribution in [0.15, 0.2) is 36.7 Å². The number of hydrogen-bond acceptors (Lipinski definition) is 6. The van der Waals surface area contributed by atoms with E-state index in [1.165, 1.54) is 6.07 Å². The van der Waals surface area contributed by atoms with Crippen molar-refractivity contribution in [2.75, 3.05) is 11.5 Å². The van der Waals surface area contributed by atoms with Gasteiger partial charge in [-0.05, 0) is 74.0 Å². The molecule has 1 atom stereocenters. The molecule has 1 saturated heterocycles. The maximum Gasteiger partial charge on any atom is 0.257 e. The second kappa shape index (κ2) is 9.96. The lowest BCUT2D eigenvalue weighted by atomic mass is 9.82. The highest BCUT2D eigenvalue weighted by Gasteiger charge is 2.55. The summed E-state index contributed by atoms with van der Waals surface area (Å²) < 4.78 is 20.0. The van der Waals surface area contributed by atoms with E-state index in [-0.39, 0.29) is 46.9 Å². The first-order valence-electron chi connectivity index (χ1n) is 12.9. The average Bonchev–Trinajstić information content (AvgIpc) is 3.32. The van der Waals surface area contributed by atoms with Gasteiger partial charge in [0.25, 0.3) is 11.8 Å². The number of aromatic amines is 1. The fraction of sp³-hybridized carbons (Fsp3) is 0.481. The van der Waals surface area contributed by atoms with Gasteiger partial charge in [0.05, 0.1) is 23.5 Å². The van der Waals surface area contributed by atoms with Crippen molar-refractivity contribution in [3.05, 3.63) is 53.6 Å². The Bertz CT molecular complexity index is 1320. The number of rotatable bonds is 6. The number of benzene rings is 1. The number of hydrogen-bond donors (Lipinski definition) is 3. The summed E-state index contributed by atoms with van der Waals surface area (Å²) in [6.07, 6.45) is 9.04. The van der Waals surface area contributed by atoms with Crippen molar-refractivity contribution < 1.29 is 18.7 Å². The molecule has 3 aliphatic rings. The summed E-state index contributed by atoms with van der Waals surface area (Å²) in [6.45, 7) is 0. The molecule has 37 heavy (non-hydrogen) atoms. The zero-order valence-electron chi connectivity index (χ0n) is 20.5. The number of fused-ring (bicyclic) bond motifs is 1. The van der Waals surface area contributed by atoms with E-state index in [0.29, 0.717) is 5.56 Å². The summed E-state index contributed by atoms with van der Waals surface area (Å²) in [5.41, 5.74) is 1.55. The maximum atomic E-state index is 14.0. The molecule has 3 aromatic rings. The predicted molar refractivity (Wildman–Crippen MR) is 139 cm³/mol. The van der Waals surface area contributed by atoms with Gasteiger partial charge in [-0.2, -0.15) is 16.9 Å². The van der Waals surface area contributed by atoms with Gasteiger partial charge in [0.2, 0.25) is 5.88 Å². The molecule has 0 bridgehead atoms. The normalized spacial score (nSPS) is 25.6. The quantitative estimate of drug-likeness (QED) is 0.446. The SMILES string of the molecule is O=C(NC1CC12CCC(NC(=O)c1cccc3cn[nH]c13)CC2)c1cc(F)cnc1OC1CCSCC1. The number of halogens is 1. The molecule has 6 rings (SSSR count). The molecule has 1 unspecified atom stereocenters. The van der Waals surface area contributed by atoms with Crippen LogP contribution < -0.4 is 15.4 Å². The van der Waals surface area contributed by atoms with Gasteiger partial charge in [-0.25, -0.2) is 9.37 Å². The van der Waals surface area contributed by atoms with E-state index in [0.717, 1.165) is 73.6 Å². The number of thioether (sulfide) groups is 1. The van der Waals surface area contributed by atoms with Crippen molar-refractivity contribution in [2.45, 2.75) is 63.1 Å². The van der Waals surface area contributed by atoms with Crippen LogP contribution in [-0.4, -0.2) is 56.7 Å². The molecule has 1 aromatic carbocycles. The van der Waals surface area contributed by atoms with Crippen LogP contribution in [0.2, 0.25) is 0 Å². The summed E-state index contributed by atoms with van der Waals surface area (Å²) in [5.74, 6) is 1.25. The molecular weight excluding hydrogens is 493 g/mol. The van der Waals surface area contributed by atoms with Crippen LogP contribution in [0.3, 0.4) is 0 Å². The number of amides is 2. The van der Waals surface area contributed by atoms with Crippen LogP contribution in [0.4, 0.5) is 4.39 Å². The Kier molecular flexibility index (Phi) is 6.52. The number of nitrogens with one attached hydrogen (secondary N) is 3. The van der Waals surface area contributed by atoms with Crippen LogP contribution >= 0.6 is 11.8 Å². The Morgan fingerprint density at radius 2 is 1.84 bits per heavy atom. The Morgan fingerprint density at radius 3 is 2.65 bits per heavy atom. The van der Waals surface area contributed by atoms with Crippen LogP contribution in [0.5, 0.6) is 5.88 Å². The number of nitrogens with zero attached hydrogens (tertiary/aromatic N) is 2. The molecule has 3 fully saturated rings. The predicted octanol–water partition coefficient (Wildman–Crippen LogP) is 4.23. The summed E-state index contributed by atoms with van der Waals surface area (Å²) in [4.78, 5) is 30.1. The largest absolute Gasteiger partial charge is 0.474 e. The monoisotopic (exact) mass is 523 g/mol. The molecule has 1 aliphatic heterocycles. The summed E-state index contributed by atoms with van der Waals surface area (Å²) in [5, 5.41) is 14.1. The molecule has 2 amide bonds. The van der Waals surface area contributed by atoms with E-state index in [1.54, 1.807) is 12.3 Å². The fourth-order valence-corrected chi connectivity index (χ4v) is 6.80. The minimum atomic E-state index is -0.552. The Hall–Kier alpha value is -3.14. The lowest BCUT2D eigenvalue weighted by Crippen LogP contribution is -2.40. The van der Waals surface area contributed by atoms with Gasteiger partial charge in [0, 0.05) is 17.5 Å². The third-order valence-corrected chi connectivity index (χ3v) is 9.09. The van der Waals surface area contributed by atoms with Crippen molar-refractivity contribution in [3.8, 4) is 5.88 Å².